The van der Waals surface area contributed by atoms with Gasteiger partial charge in [-0.2, -0.15) is 0 Å². The van der Waals surface area contributed by atoms with E-state index in [9.17, 15) is 21.8 Å². The molecule has 182 valence electrons. The van der Waals surface area contributed by atoms with Crippen molar-refractivity contribution in [2.24, 2.45) is 0 Å². The van der Waals surface area contributed by atoms with E-state index >= 15 is 0 Å². The molecule has 2 aromatic carbocycles. The van der Waals surface area contributed by atoms with E-state index in [4.69, 9.17) is 0 Å². The number of rotatable bonds is 8. The van der Waals surface area contributed by atoms with Gasteiger partial charge in [-0.25, -0.2) is 17.1 Å². The first-order chi connectivity index (χ1) is 15.9. The molecule has 3 rings (SSSR count). The molecule has 0 fully saturated rings. The van der Waals surface area contributed by atoms with Crippen LogP contribution in [0.2, 0.25) is 0 Å². The third kappa shape index (κ3) is 5.89. The zero-order valence-electron chi connectivity index (χ0n) is 20.0. The Kier molecular flexibility index (Phi) is 7.90. The van der Waals surface area contributed by atoms with E-state index in [0.717, 1.165) is 39.0 Å². The maximum Gasteiger partial charge on any atom is 0.226 e. The molecular formula is C25H29FN2O4S2. The topological polar surface area (TPSA) is 74.8 Å². The molecule has 0 radical (unpaired) electrons. The lowest BCUT2D eigenvalue weighted by molar-refractivity contribution is -0.128. The predicted octanol–water partition coefficient (Wildman–Crippen LogP) is 3.63. The number of carbonyl (C=O) groups is 1. The number of nitrogens with zero attached hydrogens (tertiary/aromatic N) is 2. The summed E-state index contributed by atoms with van der Waals surface area (Å²) in [5.74, 6) is -0.557. The highest BCUT2D eigenvalue weighted by Crippen LogP contribution is 2.44. The van der Waals surface area contributed by atoms with Crippen molar-refractivity contribution in [3.8, 4) is 0 Å². The molecule has 0 heterocycles. The number of hydrogen-bond donors (Lipinski definition) is 0. The Morgan fingerprint density at radius 1 is 1.06 bits per heavy atom. The minimum Gasteiger partial charge on any atom is -0.344 e. The maximum absolute atomic E-state index is 14.1. The van der Waals surface area contributed by atoms with Crippen molar-refractivity contribution in [1.29, 1.82) is 0 Å². The van der Waals surface area contributed by atoms with Gasteiger partial charge in [-0.05, 0) is 70.7 Å². The van der Waals surface area contributed by atoms with Crippen LogP contribution in [0.1, 0.15) is 30.0 Å². The van der Waals surface area contributed by atoms with Gasteiger partial charge >= 0.3 is 0 Å². The summed E-state index contributed by atoms with van der Waals surface area (Å²) in [4.78, 5) is 15.2. The number of benzene rings is 2. The Balaban J connectivity index is 1.89. The standard InChI is InChI=1S/C25H29FN2O4S2/c1-17-22(14-18-6-9-20(10-7-18)33(4)30)21-11-8-19(26)15-24(21)23(17)16-25(29)27(2)12-13-28(3)34(5,31)32/h6-11,14-15H,12-13,16H2,1-5H3/b22-14-. The van der Waals surface area contributed by atoms with Gasteiger partial charge < -0.3 is 4.90 Å². The molecule has 0 spiro atoms. The van der Waals surface area contributed by atoms with Crippen molar-refractivity contribution in [2.45, 2.75) is 18.2 Å². The Labute approximate surface area is 203 Å². The van der Waals surface area contributed by atoms with Crippen LogP contribution in [0.4, 0.5) is 4.39 Å². The molecule has 0 aromatic heterocycles. The fourth-order valence-electron chi connectivity index (χ4n) is 3.77. The van der Waals surface area contributed by atoms with Gasteiger partial charge in [0.05, 0.1) is 12.7 Å². The molecule has 34 heavy (non-hydrogen) atoms. The molecule has 1 amide bonds. The normalized spacial score (nSPS) is 15.7. The van der Waals surface area contributed by atoms with Crippen LogP contribution in [-0.4, -0.2) is 67.4 Å². The number of halogens is 1. The van der Waals surface area contributed by atoms with Crippen molar-refractivity contribution in [3.05, 3.63) is 70.5 Å². The van der Waals surface area contributed by atoms with Crippen LogP contribution in [0.15, 0.2) is 52.9 Å². The van der Waals surface area contributed by atoms with E-state index < -0.39 is 20.8 Å². The summed E-state index contributed by atoms with van der Waals surface area (Å²) >= 11 is 0. The predicted molar refractivity (Wildman–Crippen MR) is 135 cm³/mol. The van der Waals surface area contributed by atoms with E-state index in [1.807, 2.05) is 37.3 Å². The third-order valence-electron chi connectivity index (χ3n) is 6.05. The molecule has 0 saturated carbocycles. The van der Waals surface area contributed by atoms with Gasteiger partial charge in [-0.15, -0.1) is 0 Å². The van der Waals surface area contributed by atoms with Crippen LogP contribution in [0.3, 0.4) is 0 Å². The number of sulfonamides is 1. The number of likely N-dealkylation sites (N-methyl/N-ethyl adjacent to an activating group) is 2. The van der Waals surface area contributed by atoms with Gasteiger partial charge in [0.2, 0.25) is 15.9 Å². The molecule has 6 nitrogen and oxygen atoms in total. The largest absolute Gasteiger partial charge is 0.344 e. The molecular weight excluding hydrogens is 475 g/mol. The van der Waals surface area contributed by atoms with E-state index in [0.29, 0.717) is 5.56 Å². The van der Waals surface area contributed by atoms with Crippen LogP contribution in [-0.2, 0) is 25.6 Å². The average molecular weight is 505 g/mol. The molecule has 0 N–H and O–H groups in total. The lowest BCUT2D eigenvalue weighted by atomic mass is 10.0. The van der Waals surface area contributed by atoms with E-state index in [1.54, 1.807) is 19.4 Å². The first-order valence-corrected chi connectivity index (χ1v) is 14.1. The molecule has 2 aromatic rings. The first-order valence-electron chi connectivity index (χ1n) is 10.7. The quantitative estimate of drug-likeness (QED) is 0.550. The van der Waals surface area contributed by atoms with Gasteiger partial charge in [-0.3, -0.25) is 9.00 Å². The van der Waals surface area contributed by atoms with Crippen molar-refractivity contribution in [3.63, 3.8) is 0 Å². The number of allylic oxidation sites excluding steroid dienone is 2. The fraction of sp³-hybridized carbons (Fsp3) is 0.320. The summed E-state index contributed by atoms with van der Waals surface area (Å²) in [7, 11) is -1.29. The fourth-order valence-corrected chi connectivity index (χ4v) is 4.70. The second kappa shape index (κ2) is 10.3. The first kappa shape index (κ1) is 26.0. The SMILES string of the molecule is CC1=C(CC(=O)N(C)CCN(C)S(C)(=O)=O)c2cc(F)ccc2/C1=C\c1ccc(S(C)=O)cc1. The maximum atomic E-state index is 14.1. The minimum atomic E-state index is -3.32. The zero-order chi connectivity index (χ0) is 25.2. The summed E-state index contributed by atoms with van der Waals surface area (Å²) in [6.45, 7) is 2.35. The molecule has 1 aliphatic rings. The van der Waals surface area contributed by atoms with Crippen LogP contribution in [0.25, 0.3) is 17.2 Å². The summed E-state index contributed by atoms with van der Waals surface area (Å²) in [6, 6.07) is 12.0. The summed E-state index contributed by atoms with van der Waals surface area (Å²) < 4.78 is 50.2. The monoisotopic (exact) mass is 504 g/mol. The average Bonchev–Trinajstić information content (AvgIpc) is 3.01. The Hall–Kier alpha value is -2.62. The van der Waals surface area contributed by atoms with Crippen LogP contribution in [0, 0.1) is 5.82 Å². The summed E-state index contributed by atoms with van der Waals surface area (Å²) in [6.07, 6.45) is 4.81. The Bertz CT molecular complexity index is 1300. The highest BCUT2D eigenvalue weighted by molar-refractivity contribution is 7.88. The van der Waals surface area contributed by atoms with E-state index in [-0.39, 0.29) is 31.2 Å². The van der Waals surface area contributed by atoms with Gasteiger partial charge in [0.1, 0.15) is 5.82 Å². The molecule has 9 heteroatoms. The third-order valence-corrected chi connectivity index (χ3v) is 8.30. The number of carbonyl (C=O) groups excluding carboxylic acids is 1. The van der Waals surface area contributed by atoms with Gasteiger partial charge in [0.15, 0.2) is 0 Å². The molecule has 0 saturated heterocycles. The second-order valence-corrected chi connectivity index (χ2v) is 11.9. The van der Waals surface area contributed by atoms with Gasteiger partial charge in [-0.1, -0.05) is 18.2 Å². The van der Waals surface area contributed by atoms with Crippen molar-refractivity contribution >= 4 is 44.0 Å². The molecule has 1 aliphatic carbocycles. The van der Waals surface area contributed by atoms with Crippen molar-refractivity contribution < 1.29 is 21.8 Å². The van der Waals surface area contributed by atoms with E-state index in [1.165, 1.54) is 28.4 Å². The number of amides is 1. The summed E-state index contributed by atoms with van der Waals surface area (Å²) in [5, 5.41) is 0. The molecule has 0 aliphatic heterocycles. The molecule has 1 unspecified atom stereocenters. The lowest BCUT2D eigenvalue weighted by Gasteiger charge is -2.21. The van der Waals surface area contributed by atoms with Crippen LogP contribution in [0.5, 0.6) is 0 Å². The second-order valence-electron chi connectivity index (χ2n) is 8.45. The Morgan fingerprint density at radius 3 is 2.29 bits per heavy atom. The van der Waals surface area contributed by atoms with Gasteiger partial charge in [0.25, 0.3) is 0 Å². The van der Waals surface area contributed by atoms with Crippen LogP contribution >= 0.6 is 0 Å². The Morgan fingerprint density at radius 2 is 1.71 bits per heavy atom. The smallest absolute Gasteiger partial charge is 0.226 e. The molecule has 1 atom stereocenters. The molecule has 0 bridgehead atoms. The summed E-state index contributed by atoms with van der Waals surface area (Å²) in [5.41, 5.74) is 4.99. The van der Waals surface area contributed by atoms with Crippen molar-refractivity contribution in [1.82, 2.24) is 9.21 Å². The van der Waals surface area contributed by atoms with E-state index in [2.05, 4.69) is 0 Å². The number of fused-ring (bicyclic) bond motifs is 1. The minimum absolute atomic E-state index is 0.0759. The highest BCUT2D eigenvalue weighted by atomic mass is 32.2. The van der Waals surface area contributed by atoms with Gasteiger partial charge in [0, 0.05) is 49.1 Å². The van der Waals surface area contributed by atoms with Crippen LogP contribution < -0.4 is 0 Å². The van der Waals surface area contributed by atoms with Crippen molar-refractivity contribution in [2.75, 3.05) is 39.7 Å². The zero-order valence-corrected chi connectivity index (χ0v) is 21.6. The lowest BCUT2D eigenvalue weighted by Crippen LogP contribution is -2.36. The highest BCUT2D eigenvalue weighted by Gasteiger charge is 2.27. The number of hydrogen-bond acceptors (Lipinski definition) is 4.